The number of hydrogen-bond acceptors (Lipinski definition) is 5. The summed E-state index contributed by atoms with van der Waals surface area (Å²) in [6.07, 6.45) is 5.76. The summed E-state index contributed by atoms with van der Waals surface area (Å²) in [5.41, 5.74) is 0. The molecule has 110 valence electrons. The molecule has 0 saturated heterocycles. The normalized spacial score (nSPS) is 10.6. The van der Waals surface area contributed by atoms with E-state index in [1.807, 2.05) is 5.41 Å². The molecule has 0 rings (SSSR count). The van der Waals surface area contributed by atoms with Crippen LogP contribution >= 0.6 is 21.6 Å². The molecular weight excluding hydrogens is 282 g/mol. The molecule has 1 N–H and O–H groups in total. The van der Waals surface area contributed by atoms with Crippen LogP contribution in [0.1, 0.15) is 39.0 Å². The van der Waals surface area contributed by atoms with Crippen LogP contribution in [0.2, 0.25) is 0 Å². The minimum absolute atomic E-state index is 0.0578. The second-order valence-corrected chi connectivity index (χ2v) is 6.29. The number of esters is 1. The van der Waals surface area contributed by atoms with Gasteiger partial charge in [0.05, 0.1) is 7.11 Å². The summed E-state index contributed by atoms with van der Waals surface area (Å²) < 4.78 is 4.55. The van der Waals surface area contributed by atoms with Crippen molar-refractivity contribution in [2.45, 2.75) is 39.0 Å². The van der Waals surface area contributed by atoms with Crippen LogP contribution in [0.5, 0.6) is 0 Å². The van der Waals surface area contributed by atoms with Crippen LogP contribution in [0.3, 0.4) is 0 Å². The maximum Gasteiger partial charge on any atom is 0.305 e. The molecule has 1 amide bonds. The lowest BCUT2D eigenvalue weighted by Crippen LogP contribution is -2.21. The summed E-state index contributed by atoms with van der Waals surface area (Å²) in [7, 11) is 4.72. The van der Waals surface area contributed by atoms with E-state index in [2.05, 4.69) is 17.0 Å². The minimum Gasteiger partial charge on any atom is -0.469 e. The van der Waals surface area contributed by atoms with E-state index in [1.54, 1.807) is 27.7 Å². The number of rotatable bonds is 11. The lowest BCUT2D eigenvalue weighted by Gasteiger charge is -2.02. The summed E-state index contributed by atoms with van der Waals surface area (Å²) in [5, 5.41) is 4.62. The maximum absolute atomic E-state index is 11.4. The van der Waals surface area contributed by atoms with Gasteiger partial charge in [-0.25, -0.2) is 0 Å². The first-order valence-corrected chi connectivity index (χ1v) is 8.88. The predicted octanol–water partition coefficient (Wildman–Crippen LogP) is 3.14. The summed E-state index contributed by atoms with van der Waals surface area (Å²) in [4.78, 5) is 22.2. The lowest BCUT2D eigenvalue weighted by atomic mass is 10.2. The molecule has 6 heteroatoms. The van der Waals surface area contributed by atoms with E-state index in [9.17, 15) is 9.59 Å². The van der Waals surface area contributed by atoms with Gasteiger partial charge in [0.2, 0.25) is 5.91 Å². The van der Waals surface area contributed by atoms with Gasteiger partial charge >= 0.3 is 5.97 Å². The molecule has 19 heavy (non-hydrogen) atoms. The molecule has 0 aromatic rings. The Morgan fingerprint density at radius 1 is 1.26 bits per heavy atom. The highest BCUT2D eigenvalue weighted by molar-refractivity contribution is 8.77. The number of unbranched alkanes of at least 4 members (excludes halogenated alkanes) is 2. The van der Waals surface area contributed by atoms with Gasteiger partial charge in [0.15, 0.2) is 0 Å². The molecule has 0 unspecified atom stereocenters. The molecule has 0 aromatic carbocycles. The molecule has 0 bridgehead atoms. The summed E-state index contributed by atoms with van der Waals surface area (Å²) in [6.45, 7) is 2.78. The molecule has 0 radical (unpaired) electrons. The van der Waals surface area contributed by atoms with Crippen molar-refractivity contribution >= 4 is 33.5 Å². The number of ether oxygens (including phenoxy) is 1. The lowest BCUT2D eigenvalue weighted by molar-refractivity contribution is -0.140. The Labute approximate surface area is 123 Å². The monoisotopic (exact) mass is 305 g/mol. The largest absolute Gasteiger partial charge is 0.469 e. The fourth-order valence-corrected chi connectivity index (χ4v) is 2.92. The van der Waals surface area contributed by atoms with Crippen molar-refractivity contribution in [2.24, 2.45) is 0 Å². The van der Waals surface area contributed by atoms with Crippen LogP contribution in [0.25, 0.3) is 0 Å². The van der Waals surface area contributed by atoms with Crippen molar-refractivity contribution in [2.75, 3.05) is 19.4 Å². The molecule has 0 heterocycles. The third-order valence-electron chi connectivity index (χ3n) is 2.22. The number of carbonyl (C=O) groups excluding carboxylic acids is 2. The summed E-state index contributed by atoms with van der Waals surface area (Å²) in [6, 6.07) is 0. The van der Waals surface area contributed by atoms with Gasteiger partial charge in [0, 0.05) is 24.8 Å². The van der Waals surface area contributed by atoms with Gasteiger partial charge in [-0.2, -0.15) is 0 Å². The number of methoxy groups -OCH3 is 1. The number of carbonyl (C=O) groups is 2. The Kier molecular flexibility index (Phi) is 13.4. The van der Waals surface area contributed by atoms with Crippen LogP contribution in [-0.4, -0.2) is 31.3 Å². The predicted molar refractivity (Wildman–Crippen MR) is 83.0 cm³/mol. The average Bonchev–Trinajstić information content (AvgIpc) is 2.42. The smallest absolute Gasteiger partial charge is 0.305 e. The van der Waals surface area contributed by atoms with Gasteiger partial charge in [-0.15, -0.1) is 0 Å². The standard InChI is InChI=1S/C13H23NO3S2/c1-3-10-18-19-11-8-12(15)14-9-6-4-5-7-13(16)17-2/h8,11H,3-7,9-10H2,1-2H3,(H,14,15)/b11-8+. The van der Waals surface area contributed by atoms with E-state index in [4.69, 9.17) is 0 Å². The zero-order chi connectivity index (χ0) is 14.3. The van der Waals surface area contributed by atoms with E-state index < -0.39 is 0 Å². The number of amides is 1. The molecule has 0 fully saturated rings. The van der Waals surface area contributed by atoms with E-state index >= 15 is 0 Å². The third kappa shape index (κ3) is 13.6. The molecule has 0 aliphatic carbocycles. The van der Waals surface area contributed by atoms with Crippen LogP contribution in [0.4, 0.5) is 0 Å². The van der Waals surface area contributed by atoms with Gasteiger partial charge in [-0.3, -0.25) is 9.59 Å². The van der Waals surface area contributed by atoms with Crippen molar-refractivity contribution in [3.8, 4) is 0 Å². The molecule has 0 aliphatic rings. The molecular formula is C13H23NO3S2. The molecule has 0 aliphatic heterocycles. The second kappa shape index (κ2) is 13.8. The first-order chi connectivity index (χ1) is 9.20. The van der Waals surface area contributed by atoms with E-state index in [1.165, 1.54) is 7.11 Å². The topological polar surface area (TPSA) is 55.4 Å². The van der Waals surface area contributed by atoms with Gasteiger partial charge in [0.1, 0.15) is 0 Å². The van der Waals surface area contributed by atoms with E-state index in [0.29, 0.717) is 13.0 Å². The van der Waals surface area contributed by atoms with Crippen LogP contribution in [0, 0.1) is 0 Å². The van der Waals surface area contributed by atoms with E-state index in [-0.39, 0.29) is 11.9 Å². The zero-order valence-corrected chi connectivity index (χ0v) is 13.3. The molecule has 0 spiro atoms. The highest BCUT2D eigenvalue weighted by Gasteiger charge is 1.99. The maximum atomic E-state index is 11.4. The Morgan fingerprint density at radius 3 is 2.74 bits per heavy atom. The number of nitrogens with one attached hydrogen (secondary N) is 1. The quantitative estimate of drug-likeness (QED) is 0.275. The molecule has 0 saturated carbocycles. The van der Waals surface area contributed by atoms with E-state index in [0.717, 1.165) is 31.4 Å². The Morgan fingerprint density at radius 2 is 2.05 bits per heavy atom. The van der Waals surface area contributed by atoms with Crippen molar-refractivity contribution in [3.63, 3.8) is 0 Å². The highest BCUT2D eigenvalue weighted by Crippen LogP contribution is 2.22. The molecule has 0 atom stereocenters. The van der Waals surface area contributed by atoms with Gasteiger partial charge in [-0.05, 0) is 24.7 Å². The summed E-state index contributed by atoms with van der Waals surface area (Å²) in [5.74, 6) is 0.864. The SMILES string of the molecule is CCCSS/C=C/C(=O)NCCCCCC(=O)OC. The first kappa shape index (κ1) is 18.4. The van der Waals surface area contributed by atoms with Crippen molar-refractivity contribution in [3.05, 3.63) is 11.5 Å². The third-order valence-corrected chi connectivity index (χ3v) is 4.41. The van der Waals surface area contributed by atoms with Crippen LogP contribution in [-0.2, 0) is 14.3 Å². The summed E-state index contributed by atoms with van der Waals surface area (Å²) >= 11 is 0. The minimum atomic E-state index is -0.173. The fourth-order valence-electron chi connectivity index (χ4n) is 1.20. The average molecular weight is 305 g/mol. The second-order valence-electron chi connectivity index (χ2n) is 3.90. The molecule has 0 aromatic heterocycles. The van der Waals surface area contributed by atoms with Gasteiger partial charge < -0.3 is 10.1 Å². The Hall–Kier alpha value is -0.620. The first-order valence-electron chi connectivity index (χ1n) is 6.50. The highest BCUT2D eigenvalue weighted by atomic mass is 33.1. The van der Waals surface area contributed by atoms with Gasteiger partial charge in [-0.1, -0.05) is 34.9 Å². The molecule has 4 nitrogen and oxygen atoms in total. The van der Waals surface area contributed by atoms with Crippen molar-refractivity contribution in [1.82, 2.24) is 5.32 Å². The zero-order valence-electron chi connectivity index (χ0n) is 11.6. The van der Waals surface area contributed by atoms with Crippen LogP contribution in [0.15, 0.2) is 11.5 Å². The van der Waals surface area contributed by atoms with Gasteiger partial charge in [0.25, 0.3) is 0 Å². The van der Waals surface area contributed by atoms with Crippen molar-refractivity contribution in [1.29, 1.82) is 0 Å². The fraction of sp³-hybridized carbons (Fsp3) is 0.692. The van der Waals surface area contributed by atoms with Crippen molar-refractivity contribution < 1.29 is 14.3 Å². The Balaban J connectivity index is 3.36. The Bertz CT molecular complexity index is 283. The number of hydrogen-bond donors (Lipinski definition) is 1. The van der Waals surface area contributed by atoms with Crippen LogP contribution < -0.4 is 5.32 Å².